The smallest absolute Gasteiger partial charge is 0.120 e. The van der Waals surface area contributed by atoms with E-state index in [1.165, 1.54) is 31.2 Å². The molecular formula is C15H25N3. The molecular weight excluding hydrogens is 222 g/mol. The minimum Gasteiger partial charge on any atom is -0.342 e. The molecule has 1 aromatic rings. The van der Waals surface area contributed by atoms with Gasteiger partial charge in [-0.05, 0) is 30.5 Å². The summed E-state index contributed by atoms with van der Waals surface area (Å²) in [5.41, 5.74) is 1.92. The van der Waals surface area contributed by atoms with Crippen LogP contribution in [0, 0.1) is 17.2 Å². The average molecular weight is 247 g/mol. The van der Waals surface area contributed by atoms with Gasteiger partial charge in [0.05, 0.1) is 0 Å². The van der Waals surface area contributed by atoms with Gasteiger partial charge in [0.25, 0.3) is 0 Å². The van der Waals surface area contributed by atoms with E-state index >= 15 is 0 Å². The minimum atomic E-state index is 0.727. The van der Waals surface area contributed by atoms with Crippen LogP contribution in [0.1, 0.15) is 50.8 Å². The van der Waals surface area contributed by atoms with Crippen LogP contribution >= 0.6 is 0 Å². The lowest BCUT2D eigenvalue weighted by Crippen LogP contribution is -2.22. The molecule has 1 unspecified atom stereocenters. The Kier molecular flexibility index (Phi) is 6.53. The molecule has 18 heavy (non-hydrogen) atoms. The van der Waals surface area contributed by atoms with E-state index in [0.717, 1.165) is 24.7 Å². The van der Waals surface area contributed by atoms with Gasteiger partial charge in [0, 0.05) is 19.8 Å². The molecule has 1 heterocycles. The van der Waals surface area contributed by atoms with Crippen molar-refractivity contribution in [1.82, 2.24) is 9.88 Å². The molecule has 0 radical (unpaired) electrons. The highest BCUT2D eigenvalue weighted by molar-refractivity contribution is 5.28. The van der Waals surface area contributed by atoms with Crippen molar-refractivity contribution in [1.29, 1.82) is 5.26 Å². The third-order valence-corrected chi connectivity index (χ3v) is 3.48. The van der Waals surface area contributed by atoms with Crippen LogP contribution < -0.4 is 5.32 Å². The maximum Gasteiger partial charge on any atom is 0.120 e. The second-order valence-corrected chi connectivity index (χ2v) is 5.00. The maximum absolute atomic E-state index is 8.89. The van der Waals surface area contributed by atoms with E-state index in [2.05, 4.69) is 25.2 Å². The number of hydrogen-bond donors (Lipinski definition) is 1. The summed E-state index contributed by atoms with van der Waals surface area (Å²) in [6.07, 6.45) is 7.19. The van der Waals surface area contributed by atoms with E-state index in [1.54, 1.807) is 0 Å². The molecule has 3 heteroatoms. The molecule has 0 bridgehead atoms. The molecule has 0 saturated heterocycles. The van der Waals surface area contributed by atoms with E-state index < -0.39 is 0 Å². The fourth-order valence-corrected chi connectivity index (χ4v) is 2.20. The summed E-state index contributed by atoms with van der Waals surface area (Å²) < 4.78 is 1.88. The molecule has 0 amide bonds. The van der Waals surface area contributed by atoms with Gasteiger partial charge in [-0.1, -0.05) is 33.1 Å². The zero-order valence-electron chi connectivity index (χ0n) is 11.9. The Balaban J connectivity index is 2.33. The minimum absolute atomic E-state index is 0.727. The highest BCUT2D eigenvalue weighted by atomic mass is 14.9. The standard InChI is InChI=1S/C15H25N3/c1-4-6-7-13(5-2)10-17-11-14-8-15(9-16)18(3)12-14/h8,12-13,17H,4-7,10-11H2,1-3H3. The van der Waals surface area contributed by atoms with Crippen molar-refractivity contribution in [2.75, 3.05) is 6.54 Å². The molecule has 0 aliphatic rings. The fourth-order valence-electron chi connectivity index (χ4n) is 2.20. The van der Waals surface area contributed by atoms with E-state index in [0.29, 0.717) is 0 Å². The van der Waals surface area contributed by atoms with Gasteiger partial charge >= 0.3 is 0 Å². The first-order valence-electron chi connectivity index (χ1n) is 6.97. The van der Waals surface area contributed by atoms with Gasteiger partial charge in [-0.25, -0.2) is 0 Å². The summed E-state index contributed by atoms with van der Waals surface area (Å²) in [4.78, 5) is 0. The van der Waals surface area contributed by atoms with Gasteiger partial charge in [-0.3, -0.25) is 0 Å². The first-order valence-corrected chi connectivity index (χ1v) is 6.97. The molecule has 1 aromatic heterocycles. The largest absolute Gasteiger partial charge is 0.342 e. The molecule has 0 spiro atoms. The summed E-state index contributed by atoms with van der Waals surface area (Å²) in [6, 6.07) is 4.15. The molecule has 1 N–H and O–H groups in total. The van der Waals surface area contributed by atoms with Crippen LogP contribution in [0.15, 0.2) is 12.3 Å². The summed E-state index contributed by atoms with van der Waals surface area (Å²) >= 11 is 0. The van der Waals surface area contributed by atoms with Crippen molar-refractivity contribution >= 4 is 0 Å². The molecule has 0 aliphatic heterocycles. The second-order valence-electron chi connectivity index (χ2n) is 5.00. The fraction of sp³-hybridized carbons (Fsp3) is 0.667. The van der Waals surface area contributed by atoms with Crippen molar-refractivity contribution in [2.24, 2.45) is 13.0 Å². The Labute approximate surface area is 111 Å². The first-order chi connectivity index (χ1) is 8.71. The Hall–Kier alpha value is -1.27. The number of nitrogens with zero attached hydrogens (tertiary/aromatic N) is 2. The van der Waals surface area contributed by atoms with E-state index in [9.17, 15) is 0 Å². The number of nitrogens with one attached hydrogen (secondary N) is 1. The number of unbranched alkanes of at least 4 members (excludes halogenated alkanes) is 1. The van der Waals surface area contributed by atoms with Gasteiger partial charge < -0.3 is 9.88 Å². The SMILES string of the molecule is CCCCC(CC)CNCc1cc(C#N)n(C)c1. The Morgan fingerprint density at radius 2 is 2.22 bits per heavy atom. The first kappa shape index (κ1) is 14.8. The van der Waals surface area contributed by atoms with Crippen LogP contribution in [0.2, 0.25) is 0 Å². The highest BCUT2D eigenvalue weighted by Crippen LogP contribution is 2.12. The lowest BCUT2D eigenvalue weighted by Gasteiger charge is -2.14. The Morgan fingerprint density at radius 3 is 2.78 bits per heavy atom. The van der Waals surface area contributed by atoms with Gasteiger partial charge in [0.2, 0.25) is 0 Å². The zero-order chi connectivity index (χ0) is 13.4. The lowest BCUT2D eigenvalue weighted by atomic mass is 9.99. The van der Waals surface area contributed by atoms with E-state index in [4.69, 9.17) is 5.26 Å². The maximum atomic E-state index is 8.89. The molecule has 0 saturated carbocycles. The molecule has 100 valence electrons. The van der Waals surface area contributed by atoms with Crippen LogP contribution in [-0.2, 0) is 13.6 Å². The highest BCUT2D eigenvalue weighted by Gasteiger charge is 2.06. The van der Waals surface area contributed by atoms with Crippen LogP contribution in [0.3, 0.4) is 0 Å². The number of nitriles is 1. The van der Waals surface area contributed by atoms with E-state index in [-0.39, 0.29) is 0 Å². The number of rotatable bonds is 8. The van der Waals surface area contributed by atoms with Crippen LogP contribution in [0.25, 0.3) is 0 Å². The van der Waals surface area contributed by atoms with Gasteiger partial charge in [0.15, 0.2) is 0 Å². The van der Waals surface area contributed by atoms with Crippen LogP contribution in [0.4, 0.5) is 0 Å². The van der Waals surface area contributed by atoms with Crippen molar-refractivity contribution in [3.8, 4) is 6.07 Å². The van der Waals surface area contributed by atoms with Gasteiger partial charge in [0.1, 0.15) is 11.8 Å². The third kappa shape index (κ3) is 4.54. The summed E-state index contributed by atoms with van der Waals surface area (Å²) in [7, 11) is 1.91. The number of hydrogen-bond acceptors (Lipinski definition) is 2. The quantitative estimate of drug-likeness (QED) is 0.766. The van der Waals surface area contributed by atoms with Crippen molar-refractivity contribution in [3.63, 3.8) is 0 Å². The van der Waals surface area contributed by atoms with Crippen LogP contribution in [-0.4, -0.2) is 11.1 Å². The van der Waals surface area contributed by atoms with E-state index in [1.807, 2.05) is 23.9 Å². The average Bonchev–Trinajstić information content (AvgIpc) is 2.74. The molecule has 1 atom stereocenters. The lowest BCUT2D eigenvalue weighted by molar-refractivity contribution is 0.419. The van der Waals surface area contributed by atoms with Gasteiger partial charge in [-0.2, -0.15) is 5.26 Å². The third-order valence-electron chi connectivity index (χ3n) is 3.48. The van der Waals surface area contributed by atoms with Crippen molar-refractivity contribution < 1.29 is 0 Å². The Morgan fingerprint density at radius 1 is 1.44 bits per heavy atom. The van der Waals surface area contributed by atoms with Crippen LogP contribution in [0.5, 0.6) is 0 Å². The predicted molar refractivity (Wildman–Crippen MR) is 75.1 cm³/mol. The zero-order valence-corrected chi connectivity index (χ0v) is 11.9. The van der Waals surface area contributed by atoms with Crippen molar-refractivity contribution in [3.05, 3.63) is 23.5 Å². The number of aryl methyl sites for hydroxylation is 1. The summed E-state index contributed by atoms with van der Waals surface area (Å²) in [5, 5.41) is 12.4. The molecule has 0 aromatic carbocycles. The van der Waals surface area contributed by atoms with Gasteiger partial charge in [-0.15, -0.1) is 0 Å². The Bertz CT molecular complexity index is 387. The second kappa shape index (κ2) is 7.94. The molecule has 0 aliphatic carbocycles. The predicted octanol–water partition coefficient (Wildman–Crippen LogP) is 3.20. The summed E-state index contributed by atoms with van der Waals surface area (Å²) in [5.74, 6) is 0.782. The normalized spacial score (nSPS) is 12.3. The topological polar surface area (TPSA) is 40.8 Å². The molecule has 0 fully saturated rings. The number of aromatic nitrogens is 1. The summed E-state index contributed by atoms with van der Waals surface area (Å²) in [6.45, 7) is 6.44. The monoisotopic (exact) mass is 247 g/mol. The molecule has 3 nitrogen and oxygen atoms in total. The van der Waals surface area contributed by atoms with Crippen molar-refractivity contribution in [2.45, 2.75) is 46.1 Å². The molecule has 1 rings (SSSR count).